The van der Waals surface area contributed by atoms with E-state index in [0.717, 1.165) is 22.5 Å². The lowest BCUT2D eigenvalue weighted by molar-refractivity contribution is 0.101. The maximum Gasteiger partial charge on any atom is 0.231 e. The third kappa shape index (κ3) is 2.41. The molecular weight excluding hydrogens is 240 g/mol. The summed E-state index contributed by atoms with van der Waals surface area (Å²) in [4.78, 5) is 12.1. The van der Waals surface area contributed by atoms with Crippen LogP contribution >= 0.6 is 0 Å². The number of carbonyl (C=O) groups excluding carboxylic acids is 1. The highest BCUT2D eigenvalue weighted by Gasteiger charge is 2.30. The predicted molar refractivity (Wildman–Crippen MR) is 74.8 cm³/mol. The van der Waals surface area contributed by atoms with Gasteiger partial charge in [0.25, 0.3) is 0 Å². The molecule has 0 bridgehead atoms. The molecule has 0 spiro atoms. The lowest BCUT2D eigenvalue weighted by Gasteiger charge is -2.11. The SMILES string of the molecule is C=C(C)COc1ccc2c(c1C)OC(=C(C)C)C2=O. The first-order valence-electron chi connectivity index (χ1n) is 6.22. The largest absolute Gasteiger partial charge is 0.489 e. The van der Waals surface area contributed by atoms with Crippen LogP contribution in [0.5, 0.6) is 11.5 Å². The second-order valence-corrected chi connectivity index (χ2v) is 5.07. The van der Waals surface area contributed by atoms with Gasteiger partial charge in [-0.3, -0.25) is 4.79 Å². The Morgan fingerprint density at radius 3 is 2.58 bits per heavy atom. The lowest BCUT2D eigenvalue weighted by atomic mass is 10.1. The molecule has 0 atom stereocenters. The highest BCUT2D eigenvalue weighted by molar-refractivity contribution is 6.13. The first kappa shape index (κ1) is 13.4. The van der Waals surface area contributed by atoms with Crippen LogP contribution in [0.3, 0.4) is 0 Å². The molecule has 1 aromatic carbocycles. The highest BCUT2D eigenvalue weighted by atomic mass is 16.5. The molecule has 3 nitrogen and oxygen atoms in total. The van der Waals surface area contributed by atoms with Gasteiger partial charge in [0.2, 0.25) is 5.78 Å². The summed E-state index contributed by atoms with van der Waals surface area (Å²) < 4.78 is 11.3. The summed E-state index contributed by atoms with van der Waals surface area (Å²) in [5, 5.41) is 0. The standard InChI is InChI=1S/C16H18O3/c1-9(2)8-18-13-7-6-12-14(17)15(10(3)4)19-16(12)11(13)5/h6-7H,1,8H2,2-5H3. The van der Waals surface area contributed by atoms with E-state index in [2.05, 4.69) is 6.58 Å². The van der Waals surface area contributed by atoms with Gasteiger partial charge in [-0.1, -0.05) is 6.58 Å². The number of ether oxygens (including phenoxy) is 2. The maximum absolute atomic E-state index is 12.1. The van der Waals surface area contributed by atoms with Gasteiger partial charge in [-0.25, -0.2) is 0 Å². The average molecular weight is 258 g/mol. The molecule has 19 heavy (non-hydrogen) atoms. The van der Waals surface area contributed by atoms with Crippen LogP contribution in [-0.2, 0) is 0 Å². The van der Waals surface area contributed by atoms with E-state index in [9.17, 15) is 4.79 Å². The number of benzene rings is 1. The van der Waals surface area contributed by atoms with Gasteiger partial charge in [0, 0.05) is 5.56 Å². The van der Waals surface area contributed by atoms with Crippen LogP contribution in [0.15, 0.2) is 35.6 Å². The van der Waals surface area contributed by atoms with Crippen LogP contribution in [0.1, 0.15) is 36.7 Å². The minimum Gasteiger partial charge on any atom is -0.489 e. The van der Waals surface area contributed by atoms with E-state index in [4.69, 9.17) is 9.47 Å². The minimum absolute atomic E-state index is 0.0513. The van der Waals surface area contributed by atoms with E-state index in [1.807, 2.05) is 33.8 Å². The second kappa shape index (κ2) is 4.92. The van der Waals surface area contributed by atoms with Gasteiger partial charge in [0.15, 0.2) is 5.76 Å². The van der Waals surface area contributed by atoms with E-state index in [0.29, 0.717) is 23.7 Å². The van der Waals surface area contributed by atoms with Crippen molar-refractivity contribution in [1.29, 1.82) is 0 Å². The van der Waals surface area contributed by atoms with E-state index in [-0.39, 0.29) is 5.78 Å². The Bertz CT molecular complexity index is 590. The third-order valence-corrected chi connectivity index (χ3v) is 2.94. The zero-order chi connectivity index (χ0) is 14.2. The van der Waals surface area contributed by atoms with Crippen molar-refractivity contribution in [3.05, 3.63) is 46.7 Å². The molecule has 1 aromatic rings. The van der Waals surface area contributed by atoms with Crippen LogP contribution in [0.4, 0.5) is 0 Å². The fraction of sp³-hybridized carbons (Fsp3) is 0.312. The Morgan fingerprint density at radius 1 is 1.32 bits per heavy atom. The van der Waals surface area contributed by atoms with Crippen molar-refractivity contribution < 1.29 is 14.3 Å². The van der Waals surface area contributed by atoms with Crippen molar-refractivity contribution in [3.63, 3.8) is 0 Å². The van der Waals surface area contributed by atoms with Crippen LogP contribution in [-0.4, -0.2) is 12.4 Å². The molecule has 0 unspecified atom stereocenters. The first-order chi connectivity index (χ1) is 8.91. The van der Waals surface area contributed by atoms with Gasteiger partial charge < -0.3 is 9.47 Å². The maximum atomic E-state index is 12.1. The summed E-state index contributed by atoms with van der Waals surface area (Å²) in [5.74, 6) is 1.71. The molecule has 0 saturated carbocycles. The number of rotatable bonds is 3. The number of Topliss-reactive ketones (excluding diaryl/α,β-unsaturated/α-hetero) is 1. The van der Waals surface area contributed by atoms with E-state index in [1.54, 1.807) is 6.07 Å². The van der Waals surface area contributed by atoms with Crippen LogP contribution in [0.2, 0.25) is 0 Å². The van der Waals surface area contributed by atoms with Crippen LogP contribution in [0.25, 0.3) is 0 Å². The summed E-state index contributed by atoms with van der Waals surface area (Å²) in [5.41, 5.74) is 3.28. The van der Waals surface area contributed by atoms with Crippen molar-refractivity contribution in [1.82, 2.24) is 0 Å². The number of ketones is 1. The zero-order valence-corrected chi connectivity index (χ0v) is 11.8. The molecule has 2 rings (SSSR count). The van der Waals surface area contributed by atoms with Gasteiger partial charge in [-0.2, -0.15) is 0 Å². The summed E-state index contributed by atoms with van der Waals surface area (Å²) in [6.07, 6.45) is 0. The molecule has 100 valence electrons. The first-order valence-corrected chi connectivity index (χ1v) is 6.22. The Balaban J connectivity index is 2.39. The fourth-order valence-electron chi connectivity index (χ4n) is 1.94. The molecule has 1 heterocycles. The monoisotopic (exact) mass is 258 g/mol. The Kier molecular flexibility index (Phi) is 3.47. The topological polar surface area (TPSA) is 35.5 Å². The fourth-order valence-corrected chi connectivity index (χ4v) is 1.94. The van der Waals surface area contributed by atoms with E-state index >= 15 is 0 Å². The molecular formula is C16H18O3. The highest BCUT2D eigenvalue weighted by Crippen LogP contribution is 2.39. The normalized spacial score (nSPS) is 13.1. The van der Waals surface area contributed by atoms with Gasteiger partial charge in [-0.15, -0.1) is 0 Å². The summed E-state index contributed by atoms with van der Waals surface area (Å²) in [6, 6.07) is 3.57. The number of hydrogen-bond donors (Lipinski definition) is 0. The smallest absolute Gasteiger partial charge is 0.231 e. The zero-order valence-electron chi connectivity index (χ0n) is 11.8. The van der Waals surface area contributed by atoms with Crippen LogP contribution in [0, 0.1) is 6.92 Å². The molecule has 0 fully saturated rings. The minimum atomic E-state index is -0.0513. The second-order valence-electron chi connectivity index (χ2n) is 5.07. The summed E-state index contributed by atoms with van der Waals surface area (Å²) in [6.45, 7) is 11.8. The average Bonchev–Trinajstić information content (AvgIpc) is 2.67. The molecule has 0 saturated heterocycles. The molecule has 1 aliphatic heterocycles. The van der Waals surface area contributed by atoms with Crippen molar-refractivity contribution in [3.8, 4) is 11.5 Å². The number of allylic oxidation sites excluding steroid dienone is 2. The van der Waals surface area contributed by atoms with E-state index in [1.165, 1.54) is 0 Å². The molecule has 0 N–H and O–H groups in total. The van der Waals surface area contributed by atoms with Gasteiger partial charge in [0.05, 0.1) is 5.56 Å². The number of fused-ring (bicyclic) bond motifs is 1. The van der Waals surface area contributed by atoms with Crippen molar-refractivity contribution in [2.45, 2.75) is 27.7 Å². The van der Waals surface area contributed by atoms with E-state index < -0.39 is 0 Å². The molecule has 0 aliphatic carbocycles. The number of carbonyl (C=O) groups is 1. The van der Waals surface area contributed by atoms with Gasteiger partial charge in [-0.05, 0) is 51.0 Å². The quantitative estimate of drug-likeness (QED) is 0.610. The lowest BCUT2D eigenvalue weighted by Crippen LogP contribution is -2.00. The molecule has 0 amide bonds. The predicted octanol–water partition coefficient (Wildman–Crippen LogP) is 3.82. The Labute approximate surface area is 113 Å². The third-order valence-electron chi connectivity index (χ3n) is 2.94. The molecule has 0 radical (unpaired) electrons. The van der Waals surface area contributed by atoms with Crippen molar-refractivity contribution in [2.24, 2.45) is 0 Å². The van der Waals surface area contributed by atoms with Crippen molar-refractivity contribution in [2.75, 3.05) is 6.61 Å². The summed E-state index contributed by atoms with van der Waals surface area (Å²) in [7, 11) is 0. The van der Waals surface area contributed by atoms with Crippen molar-refractivity contribution >= 4 is 5.78 Å². The Morgan fingerprint density at radius 2 is 2.00 bits per heavy atom. The molecule has 1 aliphatic rings. The molecule has 3 heteroatoms. The number of hydrogen-bond acceptors (Lipinski definition) is 3. The molecule has 0 aromatic heterocycles. The van der Waals surface area contributed by atoms with Crippen LogP contribution < -0.4 is 9.47 Å². The Hall–Kier alpha value is -2.03. The summed E-state index contributed by atoms with van der Waals surface area (Å²) >= 11 is 0. The van der Waals surface area contributed by atoms with Gasteiger partial charge >= 0.3 is 0 Å². The van der Waals surface area contributed by atoms with Gasteiger partial charge in [0.1, 0.15) is 18.1 Å².